The van der Waals surface area contributed by atoms with Gasteiger partial charge in [0.2, 0.25) is 0 Å². The molecule has 0 aliphatic heterocycles. The first-order valence-corrected chi connectivity index (χ1v) is 5.43. The standard InChI is InChI=1S/C9H14F6N2O3/c1-3-20-6(18)17-7(8(10,11)12,9(13,14)15)16-4-5-19-2/h16H,3-5H2,1-2H3,(H,17,18)/p+1. The zero-order valence-corrected chi connectivity index (χ0v) is 10.7. The van der Waals surface area contributed by atoms with Crippen LogP contribution in [0.5, 0.6) is 0 Å². The third-order valence-electron chi connectivity index (χ3n) is 2.24. The molecule has 0 bridgehead atoms. The molecule has 0 saturated heterocycles. The van der Waals surface area contributed by atoms with Crippen LogP contribution in [0.2, 0.25) is 0 Å². The van der Waals surface area contributed by atoms with Gasteiger partial charge in [0, 0.05) is 7.11 Å². The van der Waals surface area contributed by atoms with Crippen LogP contribution < -0.4 is 10.6 Å². The summed E-state index contributed by atoms with van der Waals surface area (Å²) >= 11 is 0. The van der Waals surface area contributed by atoms with Crippen LogP contribution in [0.15, 0.2) is 0 Å². The Morgan fingerprint density at radius 1 is 1.15 bits per heavy atom. The molecule has 120 valence electrons. The van der Waals surface area contributed by atoms with Crippen LogP contribution in [0.4, 0.5) is 31.1 Å². The molecule has 5 nitrogen and oxygen atoms in total. The van der Waals surface area contributed by atoms with Gasteiger partial charge in [-0.05, 0) is 6.92 Å². The van der Waals surface area contributed by atoms with Gasteiger partial charge in [0.05, 0.1) is 13.2 Å². The largest absolute Gasteiger partial charge is 0.475 e. The highest BCUT2D eigenvalue weighted by Crippen LogP contribution is 2.38. The Morgan fingerprint density at radius 2 is 1.65 bits per heavy atom. The molecule has 0 aromatic rings. The highest BCUT2D eigenvalue weighted by molar-refractivity contribution is 5.68. The van der Waals surface area contributed by atoms with E-state index in [2.05, 4.69) is 9.47 Å². The average Bonchev–Trinajstić information content (AvgIpc) is 2.25. The van der Waals surface area contributed by atoms with Crippen LogP contribution in [0.25, 0.3) is 0 Å². The van der Waals surface area contributed by atoms with Crippen LogP contribution in [0, 0.1) is 0 Å². The summed E-state index contributed by atoms with van der Waals surface area (Å²) in [5.41, 5.74) is -4.48. The van der Waals surface area contributed by atoms with E-state index in [4.69, 9.17) is 0 Å². The molecule has 0 atom stereocenters. The summed E-state index contributed by atoms with van der Waals surface area (Å²) in [6, 6.07) is 0. The quantitative estimate of drug-likeness (QED) is 0.432. The minimum absolute atomic E-state index is 0.0899. The highest BCUT2D eigenvalue weighted by Gasteiger charge is 2.76. The van der Waals surface area contributed by atoms with Gasteiger partial charge in [-0.3, -0.25) is 5.32 Å². The van der Waals surface area contributed by atoms with Crippen LogP contribution in [-0.4, -0.2) is 51.0 Å². The van der Waals surface area contributed by atoms with Crippen molar-refractivity contribution in [3.8, 4) is 0 Å². The third kappa shape index (κ3) is 4.40. The van der Waals surface area contributed by atoms with Gasteiger partial charge in [0.15, 0.2) is 0 Å². The lowest BCUT2D eigenvalue weighted by Crippen LogP contribution is -3.08. The lowest BCUT2D eigenvalue weighted by Gasteiger charge is -2.34. The predicted octanol–water partition coefficient (Wildman–Crippen LogP) is 0.763. The van der Waals surface area contributed by atoms with E-state index in [1.165, 1.54) is 6.92 Å². The highest BCUT2D eigenvalue weighted by atomic mass is 19.4. The maximum Gasteiger partial charge on any atom is 0.475 e. The van der Waals surface area contributed by atoms with Gasteiger partial charge < -0.3 is 14.8 Å². The summed E-state index contributed by atoms with van der Waals surface area (Å²) in [6.07, 6.45) is -13.4. The normalized spacial score (nSPS) is 13.2. The molecule has 0 unspecified atom stereocenters. The van der Waals surface area contributed by atoms with Crippen molar-refractivity contribution in [1.82, 2.24) is 5.32 Å². The van der Waals surface area contributed by atoms with Crippen molar-refractivity contribution >= 4 is 6.09 Å². The number of quaternary nitrogens is 1. The van der Waals surface area contributed by atoms with Crippen molar-refractivity contribution < 1.29 is 45.9 Å². The molecule has 20 heavy (non-hydrogen) atoms. The van der Waals surface area contributed by atoms with Gasteiger partial charge in [0.1, 0.15) is 6.54 Å². The maximum absolute atomic E-state index is 12.8. The van der Waals surface area contributed by atoms with E-state index in [0.717, 1.165) is 12.4 Å². The molecule has 0 aliphatic rings. The van der Waals surface area contributed by atoms with E-state index < -0.39 is 30.7 Å². The monoisotopic (exact) mass is 313 g/mol. The molecule has 0 aliphatic carbocycles. The van der Waals surface area contributed by atoms with E-state index >= 15 is 0 Å². The lowest BCUT2D eigenvalue weighted by molar-refractivity contribution is -0.785. The first-order valence-electron chi connectivity index (χ1n) is 5.43. The molecule has 0 saturated carbocycles. The number of carbonyl (C=O) groups excluding carboxylic acids is 1. The summed E-state index contributed by atoms with van der Waals surface area (Å²) in [5.74, 6) is 0. The fraction of sp³-hybridized carbons (Fsp3) is 0.889. The maximum atomic E-state index is 12.8. The number of carbonyl (C=O) groups is 1. The number of nitrogens with two attached hydrogens (primary N) is 1. The van der Waals surface area contributed by atoms with Crippen molar-refractivity contribution in [3.05, 3.63) is 0 Å². The molecule has 11 heteroatoms. The Morgan fingerprint density at radius 3 is 2.00 bits per heavy atom. The van der Waals surface area contributed by atoms with E-state index in [1.807, 2.05) is 0 Å². The van der Waals surface area contributed by atoms with Gasteiger partial charge >= 0.3 is 24.1 Å². The van der Waals surface area contributed by atoms with Gasteiger partial charge in [-0.15, -0.1) is 0 Å². The molecule has 1 amide bonds. The number of methoxy groups -OCH3 is 1. The number of rotatable bonds is 6. The summed E-state index contributed by atoms with van der Waals surface area (Å²) < 4.78 is 85.5. The van der Waals surface area contributed by atoms with Crippen LogP contribution >= 0.6 is 0 Å². The SMILES string of the molecule is CCOC(=O)NC([NH2+]CCOC)(C(F)(F)F)C(F)(F)F. The fourth-order valence-corrected chi connectivity index (χ4v) is 1.31. The number of ether oxygens (including phenoxy) is 2. The summed E-state index contributed by atoms with van der Waals surface area (Å²) in [4.78, 5) is 11.0. The lowest BCUT2D eigenvalue weighted by atomic mass is 10.1. The minimum Gasteiger partial charge on any atom is -0.450 e. The molecule has 3 N–H and O–H groups in total. The van der Waals surface area contributed by atoms with Gasteiger partial charge in [-0.2, -0.15) is 26.3 Å². The molecular weight excluding hydrogens is 298 g/mol. The fourth-order valence-electron chi connectivity index (χ4n) is 1.31. The number of alkyl carbamates (subject to hydrolysis) is 1. The van der Waals surface area contributed by atoms with E-state index in [9.17, 15) is 31.1 Å². The first-order chi connectivity index (χ1) is 9.02. The van der Waals surface area contributed by atoms with Gasteiger partial charge in [-0.1, -0.05) is 0 Å². The minimum atomic E-state index is -5.77. The van der Waals surface area contributed by atoms with Crippen LogP contribution in [0.3, 0.4) is 0 Å². The van der Waals surface area contributed by atoms with E-state index in [1.54, 1.807) is 0 Å². The van der Waals surface area contributed by atoms with Crippen molar-refractivity contribution in [1.29, 1.82) is 0 Å². The van der Waals surface area contributed by atoms with E-state index in [0.29, 0.717) is 0 Å². The number of hydrogen-bond acceptors (Lipinski definition) is 3. The third-order valence-corrected chi connectivity index (χ3v) is 2.24. The van der Waals surface area contributed by atoms with Crippen molar-refractivity contribution in [3.63, 3.8) is 0 Å². The Labute approximate surface area is 110 Å². The number of hydrogen-bond donors (Lipinski definition) is 2. The zero-order chi connectivity index (χ0) is 16.0. The summed E-state index contributed by atoms with van der Waals surface area (Å²) in [6.45, 7) is -0.146. The van der Waals surface area contributed by atoms with Gasteiger partial charge in [0.25, 0.3) is 0 Å². The van der Waals surface area contributed by atoms with Crippen LogP contribution in [0.1, 0.15) is 6.92 Å². The van der Waals surface area contributed by atoms with Gasteiger partial charge in [-0.25, -0.2) is 4.79 Å². The Kier molecular flexibility index (Phi) is 6.54. The summed E-state index contributed by atoms with van der Waals surface area (Å²) in [5, 5.41) is 0.758. The number of halogens is 6. The molecule has 0 heterocycles. The molecule has 0 spiro atoms. The molecule has 0 aromatic carbocycles. The van der Waals surface area contributed by atoms with Crippen molar-refractivity contribution in [2.24, 2.45) is 0 Å². The second kappa shape index (κ2) is 6.97. The number of amides is 1. The average molecular weight is 313 g/mol. The molecule has 0 aromatic heterocycles. The zero-order valence-electron chi connectivity index (χ0n) is 10.7. The van der Waals surface area contributed by atoms with Crippen molar-refractivity contribution in [2.75, 3.05) is 26.9 Å². The smallest absolute Gasteiger partial charge is 0.450 e. The predicted molar refractivity (Wildman–Crippen MR) is 53.7 cm³/mol. The molecule has 0 fully saturated rings. The first kappa shape index (κ1) is 18.8. The number of alkyl halides is 6. The Balaban J connectivity index is 5.40. The van der Waals surface area contributed by atoms with Crippen molar-refractivity contribution in [2.45, 2.75) is 24.9 Å². The second-order valence-electron chi connectivity index (χ2n) is 3.63. The molecule has 0 radical (unpaired) electrons. The van der Waals surface area contributed by atoms with E-state index in [-0.39, 0.29) is 18.5 Å². The Bertz CT molecular complexity index is 304. The second-order valence-corrected chi connectivity index (χ2v) is 3.63. The number of nitrogens with one attached hydrogen (secondary N) is 1. The summed E-state index contributed by atoms with van der Waals surface area (Å²) in [7, 11) is 1.12. The molecular formula is C9H15F6N2O3+. The Hall–Kier alpha value is -1.23. The van der Waals surface area contributed by atoms with Crippen LogP contribution in [-0.2, 0) is 9.47 Å². The molecule has 0 rings (SSSR count). The topological polar surface area (TPSA) is 64.2 Å².